The van der Waals surface area contributed by atoms with Crippen molar-refractivity contribution in [3.05, 3.63) is 41.1 Å². The monoisotopic (exact) mass is 352 g/mol. The van der Waals surface area contributed by atoms with Crippen molar-refractivity contribution in [2.45, 2.75) is 38.4 Å². The molecule has 3 aliphatic heterocycles. The molecule has 1 aromatic carbocycles. The molecule has 1 amide bonds. The molecule has 3 aliphatic rings. The first-order chi connectivity index (χ1) is 12.5. The van der Waals surface area contributed by atoms with Crippen LogP contribution < -0.4 is 0 Å². The van der Waals surface area contributed by atoms with Crippen LogP contribution in [0.25, 0.3) is 10.9 Å². The number of hydrogen-bond donors (Lipinski definition) is 1. The zero-order valence-corrected chi connectivity index (χ0v) is 15.2. The van der Waals surface area contributed by atoms with Crippen LogP contribution in [0.4, 0.5) is 0 Å². The van der Waals surface area contributed by atoms with Crippen molar-refractivity contribution in [1.82, 2.24) is 9.88 Å². The van der Waals surface area contributed by atoms with E-state index in [1.54, 1.807) is 0 Å². The summed E-state index contributed by atoms with van der Waals surface area (Å²) >= 11 is 0. The Hall–Kier alpha value is -1.98. The summed E-state index contributed by atoms with van der Waals surface area (Å²) in [7, 11) is 0. The normalized spacial score (nSPS) is 32.4. The molecule has 0 radical (unpaired) electrons. The number of hydrogen-bond acceptors (Lipinski definition) is 4. The molecule has 5 rings (SSSR count). The number of pyridine rings is 1. The number of ether oxygens (including phenoxy) is 1. The van der Waals surface area contributed by atoms with Crippen molar-refractivity contribution in [2.24, 2.45) is 11.8 Å². The molecule has 26 heavy (non-hydrogen) atoms. The zero-order chi connectivity index (χ0) is 18.1. The number of aryl methyl sites for hydroxylation is 2. The number of nitrogens with zero attached hydrogens (tertiary/aromatic N) is 2. The topological polar surface area (TPSA) is 62.7 Å². The van der Waals surface area contributed by atoms with Crippen molar-refractivity contribution in [3.8, 4) is 0 Å². The molecule has 3 fully saturated rings. The van der Waals surface area contributed by atoms with Gasteiger partial charge >= 0.3 is 0 Å². The Labute approximate surface area is 153 Å². The van der Waals surface area contributed by atoms with Gasteiger partial charge in [-0.2, -0.15) is 0 Å². The minimum absolute atomic E-state index is 0.0333. The van der Waals surface area contributed by atoms with E-state index < -0.39 is 0 Å². The molecule has 0 aliphatic carbocycles. The first kappa shape index (κ1) is 16.2. The Bertz CT molecular complexity index is 912. The second-order valence-corrected chi connectivity index (χ2v) is 8.17. The molecule has 2 aromatic rings. The maximum absolute atomic E-state index is 13.3. The van der Waals surface area contributed by atoms with E-state index in [-0.39, 0.29) is 36.1 Å². The number of fused-ring (bicyclic) bond motifs is 2. The van der Waals surface area contributed by atoms with Gasteiger partial charge < -0.3 is 14.7 Å². The van der Waals surface area contributed by atoms with Gasteiger partial charge in [-0.1, -0.05) is 18.2 Å². The molecule has 1 N–H and O–H groups in total. The molecular formula is C21H24N2O3. The van der Waals surface area contributed by atoms with Crippen LogP contribution in [-0.4, -0.2) is 52.3 Å². The van der Waals surface area contributed by atoms with E-state index in [4.69, 9.17) is 9.72 Å². The molecule has 0 saturated carbocycles. The summed E-state index contributed by atoms with van der Waals surface area (Å²) in [5.74, 6) is 0.456. The number of amides is 1. The Balaban J connectivity index is 1.48. The van der Waals surface area contributed by atoms with E-state index >= 15 is 0 Å². The third kappa shape index (κ3) is 2.10. The number of para-hydroxylation sites is 1. The summed E-state index contributed by atoms with van der Waals surface area (Å²) in [6.45, 7) is 5.41. The van der Waals surface area contributed by atoms with Crippen LogP contribution >= 0.6 is 0 Å². The second kappa shape index (κ2) is 5.51. The molecule has 4 atom stereocenters. The van der Waals surface area contributed by atoms with Crippen LogP contribution in [-0.2, 0) is 4.74 Å². The highest BCUT2D eigenvalue weighted by Gasteiger charge is 2.63. The van der Waals surface area contributed by atoms with Crippen molar-refractivity contribution >= 4 is 16.8 Å². The van der Waals surface area contributed by atoms with Gasteiger partial charge in [0.2, 0.25) is 0 Å². The molecule has 1 spiro atoms. The van der Waals surface area contributed by atoms with Crippen molar-refractivity contribution < 1.29 is 14.6 Å². The maximum atomic E-state index is 13.3. The van der Waals surface area contributed by atoms with Gasteiger partial charge in [-0.3, -0.25) is 9.78 Å². The fourth-order valence-electron chi connectivity index (χ4n) is 5.41. The van der Waals surface area contributed by atoms with Crippen molar-refractivity contribution in [2.75, 3.05) is 19.7 Å². The lowest BCUT2D eigenvalue weighted by Gasteiger charge is -2.27. The summed E-state index contributed by atoms with van der Waals surface area (Å²) < 4.78 is 6.25. The Morgan fingerprint density at radius 2 is 2.27 bits per heavy atom. The third-order valence-corrected chi connectivity index (χ3v) is 6.75. The Morgan fingerprint density at radius 1 is 1.42 bits per heavy atom. The van der Waals surface area contributed by atoms with E-state index in [0.717, 1.165) is 35.0 Å². The molecule has 4 heterocycles. The number of aliphatic hydroxyl groups excluding tert-OH is 1. The minimum Gasteiger partial charge on any atom is -0.396 e. The van der Waals surface area contributed by atoms with Crippen LogP contribution in [0.15, 0.2) is 24.3 Å². The third-order valence-electron chi connectivity index (χ3n) is 6.75. The average Bonchev–Trinajstić information content (AvgIpc) is 3.29. The molecule has 5 nitrogen and oxygen atoms in total. The van der Waals surface area contributed by atoms with E-state index in [1.807, 2.05) is 43.0 Å². The number of benzene rings is 1. The number of likely N-dealkylation sites (tertiary alicyclic amines) is 1. The van der Waals surface area contributed by atoms with Gasteiger partial charge in [-0.15, -0.1) is 0 Å². The molecule has 5 heteroatoms. The van der Waals surface area contributed by atoms with Gasteiger partial charge in [-0.25, -0.2) is 0 Å². The molecular weight excluding hydrogens is 328 g/mol. The van der Waals surface area contributed by atoms with E-state index in [9.17, 15) is 9.90 Å². The number of aliphatic hydroxyl groups is 1. The SMILES string of the molecule is Cc1nc2c(C)cccc2cc1C(=O)N1C[C@@H]2[C@H](CO)[C@H]3CC[C@]2(C1)O3. The van der Waals surface area contributed by atoms with E-state index in [0.29, 0.717) is 18.7 Å². The number of carbonyl (C=O) groups is 1. The van der Waals surface area contributed by atoms with Crippen molar-refractivity contribution in [3.63, 3.8) is 0 Å². The highest BCUT2D eigenvalue weighted by molar-refractivity contribution is 5.99. The lowest BCUT2D eigenvalue weighted by Crippen LogP contribution is -2.38. The molecule has 136 valence electrons. The summed E-state index contributed by atoms with van der Waals surface area (Å²) in [4.78, 5) is 19.9. The average molecular weight is 352 g/mol. The number of rotatable bonds is 2. The number of carbonyl (C=O) groups excluding carboxylic acids is 1. The summed E-state index contributed by atoms with van der Waals surface area (Å²) in [5.41, 5.74) is 3.30. The molecule has 3 saturated heterocycles. The number of aromatic nitrogens is 1. The first-order valence-electron chi connectivity index (χ1n) is 9.47. The second-order valence-electron chi connectivity index (χ2n) is 8.17. The lowest BCUT2D eigenvalue weighted by atomic mass is 9.74. The largest absolute Gasteiger partial charge is 0.396 e. The smallest absolute Gasteiger partial charge is 0.255 e. The predicted octanol–water partition coefficient (Wildman–Crippen LogP) is 2.46. The van der Waals surface area contributed by atoms with E-state index in [1.165, 1.54) is 0 Å². The standard InChI is InChI=1S/C21H24N2O3/c1-12-4-3-5-14-8-15(13(2)22-19(12)14)20(25)23-9-17-16(10-24)18-6-7-21(17,11-23)26-18/h3-5,8,16-18,24H,6-7,9-11H2,1-2H3/t16-,17+,18+,21+/m0/s1. The Morgan fingerprint density at radius 3 is 3.08 bits per heavy atom. The van der Waals surface area contributed by atoms with Crippen LogP contribution in [0.1, 0.15) is 34.5 Å². The predicted molar refractivity (Wildman–Crippen MR) is 98.0 cm³/mol. The highest BCUT2D eigenvalue weighted by Crippen LogP contribution is 2.54. The van der Waals surface area contributed by atoms with Crippen LogP contribution in [0, 0.1) is 25.7 Å². The summed E-state index contributed by atoms with van der Waals surface area (Å²) in [6, 6.07) is 8.02. The molecule has 1 aromatic heterocycles. The van der Waals surface area contributed by atoms with Gasteiger partial charge in [-0.05, 0) is 38.3 Å². The van der Waals surface area contributed by atoms with Gasteiger partial charge in [0.25, 0.3) is 5.91 Å². The summed E-state index contributed by atoms with van der Waals surface area (Å²) in [6.07, 6.45) is 2.17. The van der Waals surface area contributed by atoms with E-state index in [2.05, 4.69) is 0 Å². The lowest BCUT2D eigenvalue weighted by molar-refractivity contribution is 0.00153. The zero-order valence-electron chi connectivity index (χ0n) is 15.2. The summed E-state index contributed by atoms with van der Waals surface area (Å²) in [5, 5.41) is 10.8. The van der Waals surface area contributed by atoms with Crippen LogP contribution in [0.2, 0.25) is 0 Å². The van der Waals surface area contributed by atoms with Gasteiger partial charge in [0.15, 0.2) is 0 Å². The Kier molecular flexibility index (Phi) is 3.43. The van der Waals surface area contributed by atoms with Gasteiger partial charge in [0.1, 0.15) is 0 Å². The molecule has 2 bridgehead atoms. The van der Waals surface area contributed by atoms with Crippen molar-refractivity contribution in [1.29, 1.82) is 0 Å². The first-order valence-corrected chi connectivity index (χ1v) is 9.47. The van der Waals surface area contributed by atoms with Crippen LogP contribution in [0.3, 0.4) is 0 Å². The van der Waals surface area contributed by atoms with Gasteiger partial charge in [0.05, 0.1) is 35.0 Å². The molecule has 0 unspecified atom stereocenters. The quantitative estimate of drug-likeness (QED) is 0.902. The minimum atomic E-state index is -0.234. The van der Waals surface area contributed by atoms with Crippen LogP contribution in [0.5, 0.6) is 0 Å². The maximum Gasteiger partial charge on any atom is 0.255 e. The van der Waals surface area contributed by atoms with Gasteiger partial charge in [0, 0.05) is 30.4 Å². The fourth-order valence-corrected chi connectivity index (χ4v) is 5.41. The highest BCUT2D eigenvalue weighted by atomic mass is 16.5. The fraction of sp³-hybridized carbons (Fsp3) is 0.524.